The van der Waals surface area contributed by atoms with Crippen molar-refractivity contribution in [3.05, 3.63) is 12.2 Å². The van der Waals surface area contributed by atoms with Crippen LogP contribution in [0.15, 0.2) is 12.2 Å². The zero-order valence-corrected chi connectivity index (χ0v) is 15.0. The lowest BCUT2D eigenvalue weighted by Crippen LogP contribution is -3.11. The Hall–Kier alpha value is -1.99. The quantitative estimate of drug-likeness (QED) is 0.321. The summed E-state index contributed by atoms with van der Waals surface area (Å²) in [6, 6.07) is 0. The van der Waals surface area contributed by atoms with Crippen LogP contribution < -0.4 is 0 Å². The molecule has 4 aliphatic carbocycles. The number of hydrogen-bond donors (Lipinski definition) is 2. The number of carbonyl (C=O) groups excluding carboxylic acids is 1. The minimum absolute atomic E-state index is 1.71. The van der Waals surface area contributed by atoms with Crippen molar-refractivity contribution in [1.29, 1.82) is 0 Å². The molecule has 4 saturated carbocycles. The third-order valence-electron chi connectivity index (χ3n) is 6.19. The smallest absolute Gasteiger partial charge is 0.422 e. The summed E-state index contributed by atoms with van der Waals surface area (Å²) in [6.45, 7) is 1.71. The summed E-state index contributed by atoms with van der Waals surface area (Å²) in [6.07, 6.45) is -6.24. The second-order valence-electron chi connectivity index (χ2n) is 7.57. The Morgan fingerprint density at radius 3 is 1.24 bits per heavy atom. The van der Waals surface area contributed by atoms with Gasteiger partial charge in [0.15, 0.2) is 0 Å². The van der Waals surface area contributed by atoms with E-state index < -0.39 is 75.7 Å². The van der Waals surface area contributed by atoms with E-state index in [1.165, 1.54) is 0 Å². The molecule has 0 radical (unpaired) electrons. The molecule has 2 N–H and O–H groups in total. The summed E-state index contributed by atoms with van der Waals surface area (Å²) in [5, 5.41) is 18.8. The molecule has 0 amide bonds. The molecule has 4 fully saturated rings. The highest BCUT2D eigenvalue weighted by atomic mass is 19.4. The first-order valence-electron chi connectivity index (χ1n) is 7.94. The molecule has 4 bridgehead atoms. The fraction of sp³-hybridized carbons (Fsp3) is 0.786. The molecule has 0 saturated heterocycles. The first-order valence-corrected chi connectivity index (χ1v) is 7.94. The van der Waals surface area contributed by atoms with E-state index in [1.807, 2.05) is 0 Å². The molecular formula is C14H4F16O4. The zero-order valence-electron chi connectivity index (χ0n) is 15.0. The number of esters is 1. The number of halogens is 16. The molecule has 2 unspecified atom stereocenters. The van der Waals surface area contributed by atoms with Crippen molar-refractivity contribution in [1.82, 2.24) is 0 Å². The summed E-state index contributed by atoms with van der Waals surface area (Å²) in [5.74, 6) is -51.0. The van der Waals surface area contributed by atoms with Gasteiger partial charge in [-0.1, -0.05) is 6.58 Å². The van der Waals surface area contributed by atoms with E-state index in [-0.39, 0.29) is 0 Å². The molecule has 4 rings (SSSR count). The van der Waals surface area contributed by atoms with Gasteiger partial charge in [0.1, 0.15) is 5.57 Å². The Morgan fingerprint density at radius 2 is 0.941 bits per heavy atom. The van der Waals surface area contributed by atoms with E-state index in [1.54, 1.807) is 6.58 Å². The second-order valence-corrected chi connectivity index (χ2v) is 7.57. The molecule has 20 heteroatoms. The lowest BCUT2D eigenvalue weighted by Gasteiger charge is -2.75. The number of alkyl halides is 16. The van der Waals surface area contributed by atoms with Gasteiger partial charge < -0.3 is 14.9 Å². The summed E-state index contributed by atoms with van der Waals surface area (Å²) in [7, 11) is 0. The number of hydrogen-bond acceptors (Lipinski definition) is 4. The third-order valence-corrected chi connectivity index (χ3v) is 6.19. The lowest BCUT2D eigenvalue weighted by atomic mass is 9.39. The topological polar surface area (TPSA) is 66.8 Å². The van der Waals surface area contributed by atoms with Crippen molar-refractivity contribution in [2.45, 2.75) is 64.2 Å². The highest BCUT2D eigenvalue weighted by Gasteiger charge is 3.22. The fourth-order valence-corrected chi connectivity index (χ4v) is 4.39. The second kappa shape index (κ2) is 5.54. The van der Waals surface area contributed by atoms with E-state index >= 15 is 0 Å². The van der Waals surface area contributed by atoms with E-state index in [0.29, 0.717) is 0 Å². The van der Waals surface area contributed by atoms with Crippen LogP contribution in [0.5, 0.6) is 0 Å². The van der Waals surface area contributed by atoms with Gasteiger partial charge in [0.2, 0.25) is 0 Å². The molecule has 4 nitrogen and oxygen atoms in total. The Labute approximate surface area is 173 Å². The highest BCUT2D eigenvalue weighted by Crippen LogP contribution is 2.87. The van der Waals surface area contributed by atoms with Crippen LogP contribution in [0.4, 0.5) is 70.2 Å². The van der Waals surface area contributed by atoms with Crippen molar-refractivity contribution in [3.8, 4) is 0 Å². The standard InChI is InChI=1S/C14H4F16O4/c1-2(4(15,16)17)3(31)34-8-11(23,24)5(18)9(19,20)6(32,13(8,27)28)12(25,26)7(33,10(5,21)22)14(8,29)30/h32-33H,1H2. The summed E-state index contributed by atoms with van der Waals surface area (Å²) in [4.78, 5) is 11.4. The highest BCUT2D eigenvalue weighted by molar-refractivity contribution is 5.90. The first kappa shape index (κ1) is 26.6. The number of aliphatic hydroxyl groups is 2. The number of rotatable bonds is 2. The van der Waals surface area contributed by atoms with Gasteiger partial charge >= 0.3 is 59.0 Å². The van der Waals surface area contributed by atoms with Crippen molar-refractivity contribution in [3.63, 3.8) is 0 Å². The van der Waals surface area contributed by atoms with Gasteiger partial charge in [0.25, 0.3) is 11.2 Å². The lowest BCUT2D eigenvalue weighted by molar-refractivity contribution is -0.631. The van der Waals surface area contributed by atoms with Crippen LogP contribution in [0.1, 0.15) is 0 Å². The molecule has 0 aliphatic heterocycles. The van der Waals surface area contributed by atoms with E-state index in [4.69, 9.17) is 0 Å². The van der Waals surface area contributed by atoms with Crippen molar-refractivity contribution < 1.29 is 90.0 Å². The Bertz CT molecular complexity index is 883. The maximum atomic E-state index is 14.9. The normalized spacial score (nSPS) is 43.9. The van der Waals surface area contributed by atoms with Gasteiger partial charge in [-0.15, -0.1) is 0 Å². The summed E-state index contributed by atoms with van der Waals surface area (Å²) in [5.41, 5.74) is -33.5. The molecule has 0 aromatic heterocycles. The Balaban J connectivity index is 2.59. The average molecular weight is 540 g/mol. The minimum atomic E-state index is -7.99. The van der Waals surface area contributed by atoms with Gasteiger partial charge in [-0.05, 0) is 0 Å². The van der Waals surface area contributed by atoms with E-state index in [9.17, 15) is 85.3 Å². The number of carbonyl (C=O) groups is 1. The van der Waals surface area contributed by atoms with Gasteiger partial charge in [-0.25, -0.2) is 9.18 Å². The van der Waals surface area contributed by atoms with Gasteiger partial charge in [0, 0.05) is 0 Å². The fourth-order valence-electron chi connectivity index (χ4n) is 4.39. The molecule has 4 aliphatic rings. The molecule has 0 aromatic carbocycles. The zero-order chi connectivity index (χ0) is 27.4. The molecule has 0 spiro atoms. The van der Waals surface area contributed by atoms with E-state index in [0.717, 1.165) is 0 Å². The molecule has 34 heavy (non-hydrogen) atoms. The van der Waals surface area contributed by atoms with Crippen LogP contribution in [0, 0.1) is 0 Å². The predicted octanol–water partition coefficient (Wildman–Crippen LogP) is 3.41. The van der Waals surface area contributed by atoms with Crippen LogP contribution in [0.25, 0.3) is 0 Å². The Morgan fingerprint density at radius 1 is 0.618 bits per heavy atom. The van der Waals surface area contributed by atoms with Crippen LogP contribution in [-0.2, 0) is 9.53 Å². The van der Waals surface area contributed by atoms with Gasteiger partial charge in [0.05, 0.1) is 0 Å². The summed E-state index contributed by atoms with van der Waals surface area (Å²) < 4.78 is 229. The maximum absolute atomic E-state index is 14.9. The molecule has 2 atom stereocenters. The van der Waals surface area contributed by atoms with Crippen LogP contribution in [0.3, 0.4) is 0 Å². The predicted molar refractivity (Wildman–Crippen MR) is 67.4 cm³/mol. The molecule has 196 valence electrons. The third kappa shape index (κ3) is 1.72. The SMILES string of the molecule is C=C(C(=O)OC12C(F)(F)C3(O)C(F)(F)C(O)(C(F)(F)C(F)(C3(F)F)C1(F)F)C2(F)F)C(F)(F)F. The van der Waals surface area contributed by atoms with Crippen molar-refractivity contribution >= 4 is 5.97 Å². The Kier molecular flexibility index (Phi) is 4.34. The van der Waals surface area contributed by atoms with E-state index in [2.05, 4.69) is 4.74 Å². The summed E-state index contributed by atoms with van der Waals surface area (Å²) >= 11 is 0. The average Bonchev–Trinajstić information content (AvgIpc) is 2.63. The number of ether oxygens (including phenoxy) is 1. The van der Waals surface area contributed by atoms with Crippen molar-refractivity contribution in [2.24, 2.45) is 0 Å². The van der Waals surface area contributed by atoms with Crippen LogP contribution in [-0.4, -0.2) is 80.4 Å². The molecule has 0 aromatic rings. The van der Waals surface area contributed by atoms with Crippen molar-refractivity contribution in [2.75, 3.05) is 0 Å². The van der Waals surface area contributed by atoms with Crippen LogP contribution in [0.2, 0.25) is 0 Å². The largest absolute Gasteiger partial charge is 0.435 e. The monoisotopic (exact) mass is 540 g/mol. The minimum Gasteiger partial charge on any atom is -0.435 e. The van der Waals surface area contributed by atoms with Gasteiger partial charge in [-0.3, -0.25) is 0 Å². The van der Waals surface area contributed by atoms with Gasteiger partial charge in [-0.2, -0.15) is 65.9 Å². The van der Waals surface area contributed by atoms with Crippen LogP contribution >= 0.6 is 0 Å². The molecule has 0 heterocycles. The first-order chi connectivity index (χ1) is 14.5. The molecular weight excluding hydrogens is 536 g/mol. The maximum Gasteiger partial charge on any atom is 0.422 e.